The molecule has 0 unspecified atom stereocenters. The summed E-state index contributed by atoms with van der Waals surface area (Å²) < 4.78 is 0. The van der Waals surface area contributed by atoms with Gasteiger partial charge in [-0.2, -0.15) is 0 Å². The van der Waals surface area contributed by atoms with Gasteiger partial charge in [0.05, 0.1) is 0 Å². The zero-order valence-electron chi connectivity index (χ0n) is 9.90. The molecule has 0 aromatic rings. The summed E-state index contributed by atoms with van der Waals surface area (Å²) in [7, 11) is 0. The van der Waals surface area contributed by atoms with Crippen LogP contribution in [-0.4, -0.2) is 6.71 Å². The van der Waals surface area contributed by atoms with E-state index in [9.17, 15) is 0 Å². The zero-order chi connectivity index (χ0) is 9.90. The molecule has 1 aliphatic heterocycles. The predicted molar refractivity (Wildman–Crippen MR) is 62.7 cm³/mol. The molecule has 0 atom stereocenters. The van der Waals surface area contributed by atoms with Crippen LogP contribution in [-0.2, 0) is 0 Å². The van der Waals surface area contributed by atoms with Crippen molar-refractivity contribution >= 4 is 6.71 Å². The van der Waals surface area contributed by atoms with Crippen molar-refractivity contribution in [2.24, 2.45) is 5.92 Å². The molecule has 1 fully saturated rings. The number of hydrogen-bond donors (Lipinski definition) is 0. The predicted octanol–water partition coefficient (Wildman–Crippen LogP) is 4.49. The van der Waals surface area contributed by atoms with E-state index in [4.69, 9.17) is 0 Å². The van der Waals surface area contributed by atoms with Crippen LogP contribution in [0.25, 0.3) is 0 Å². The highest BCUT2D eigenvalue weighted by Gasteiger charge is 2.34. The maximum absolute atomic E-state index is 2.47. The van der Waals surface area contributed by atoms with Gasteiger partial charge in [0.25, 0.3) is 0 Å². The van der Waals surface area contributed by atoms with Crippen LogP contribution in [0.2, 0.25) is 18.0 Å². The Kier molecular flexibility index (Phi) is 3.88. The molecule has 1 heteroatoms. The highest BCUT2D eigenvalue weighted by Crippen LogP contribution is 2.42. The van der Waals surface area contributed by atoms with E-state index in [0.29, 0.717) is 5.31 Å². The smallest absolute Gasteiger partial charge is 0.0737 e. The molecule has 0 nitrogen and oxygen atoms in total. The molecule has 1 saturated heterocycles. The van der Waals surface area contributed by atoms with Crippen LogP contribution in [0.3, 0.4) is 0 Å². The van der Waals surface area contributed by atoms with Gasteiger partial charge < -0.3 is 0 Å². The fraction of sp³-hybridized carbons (Fsp3) is 1.00. The molecule has 1 aliphatic rings. The van der Waals surface area contributed by atoms with Crippen molar-refractivity contribution in [2.45, 2.75) is 71.3 Å². The summed E-state index contributed by atoms with van der Waals surface area (Å²) in [5, 5.41) is 0.560. The Morgan fingerprint density at radius 2 is 1.38 bits per heavy atom. The Bertz CT molecular complexity index is 141. The van der Waals surface area contributed by atoms with E-state index < -0.39 is 0 Å². The van der Waals surface area contributed by atoms with Gasteiger partial charge in [0.15, 0.2) is 0 Å². The fourth-order valence-electron chi connectivity index (χ4n) is 2.49. The van der Waals surface area contributed by atoms with E-state index in [1.165, 1.54) is 38.3 Å². The molecule has 0 aliphatic carbocycles. The Labute approximate surface area is 84.6 Å². The van der Waals surface area contributed by atoms with E-state index in [-0.39, 0.29) is 0 Å². The van der Waals surface area contributed by atoms with Crippen LogP contribution < -0.4 is 0 Å². The van der Waals surface area contributed by atoms with Crippen LogP contribution in [0.1, 0.15) is 53.4 Å². The topological polar surface area (TPSA) is 0 Å². The summed E-state index contributed by atoms with van der Waals surface area (Å²) in [4.78, 5) is 0. The first-order valence-electron chi connectivity index (χ1n) is 6.05. The number of hydrogen-bond acceptors (Lipinski definition) is 0. The molecule has 0 bridgehead atoms. The van der Waals surface area contributed by atoms with Crippen molar-refractivity contribution in [1.29, 1.82) is 0 Å². The van der Waals surface area contributed by atoms with E-state index in [2.05, 4.69) is 27.7 Å². The standard InChI is InChI=1S/C12H25B/c1-11(2)12(3,4)13-9-7-5-6-8-10-13/h11H,5-10H2,1-4H3. The van der Waals surface area contributed by atoms with Gasteiger partial charge in [-0.3, -0.25) is 0 Å². The minimum Gasteiger partial charge on any atom is -0.0737 e. The summed E-state index contributed by atoms with van der Waals surface area (Å²) in [6.45, 7) is 10.7. The second-order valence-electron chi connectivity index (χ2n) is 5.66. The summed E-state index contributed by atoms with van der Waals surface area (Å²) >= 11 is 0. The van der Waals surface area contributed by atoms with Gasteiger partial charge in [-0.05, 0) is 5.92 Å². The van der Waals surface area contributed by atoms with Crippen molar-refractivity contribution in [1.82, 2.24) is 0 Å². The molecular weight excluding hydrogens is 155 g/mol. The molecule has 0 spiro atoms. The van der Waals surface area contributed by atoms with Gasteiger partial charge in [-0.25, -0.2) is 0 Å². The molecule has 0 radical (unpaired) electrons. The Balaban J connectivity index is 2.57. The average Bonchev–Trinajstić information content (AvgIpc) is 2.31. The van der Waals surface area contributed by atoms with Crippen molar-refractivity contribution < 1.29 is 0 Å². The number of rotatable bonds is 2. The van der Waals surface area contributed by atoms with Gasteiger partial charge in [0, 0.05) is 0 Å². The third-order valence-electron chi connectivity index (χ3n) is 4.40. The lowest BCUT2D eigenvalue weighted by Gasteiger charge is -2.35. The van der Waals surface area contributed by atoms with Gasteiger partial charge >= 0.3 is 0 Å². The molecule has 0 aromatic carbocycles. The first-order chi connectivity index (χ1) is 6.05. The van der Waals surface area contributed by atoms with Gasteiger partial charge in [0.2, 0.25) is 0 Å². The highest BCUT2D eigenvalue weighted by atomic mass is 14.2. The average molecular weight is 180 g/mol. The molecular formula is C12H25B. The Morgan fingerprint density at radius 3 is 1.77 bits per heavy atom. The lowest BCUT2D eigenvalue weighted by atomic mass is 9.28. The van der Waals surface area contributed by atoms with E-state index >= 15 is 0 Å². The third-order valence-corrected chi connectivity index (χ3v) is 4.40. The summed E-state index contributed by atoms with van der Waals surface area (Å²) in [6.07, 6.45) is 8.85. The highest BCUT2D eigenvalue weighted by molar-refractivity contribution is 6.62. The quantitative estimate of drug-likeness (QED) is 0.549. The van der Waals surface area contributed by atoms with Crippen molar-refractivity contribution in [3.05, 3.63) is 0 Å². The fourth-order valence-corrected chi connectivity index (χ4v) is 2.49. The molecule has 13 heavy (non-hydrogen) atoms. The van der Waals surface area contributed by atoms with Crippen LogP contribution in [0.5, 0.6) is 0 Å². The normalized spacial score (nSPS) is 20.5. The van der Waals surface area contributed by atoms with E-state index in [1.54, 1.807) is 0 Å². The van der Waals surface area contributed by atoms with Crippen molar-refractivity contribution in [3.8, 4) is 0 Å². The van der Waals surface area contributed by atoms with Crippen molar-refractivity contribution in [3.63, 3.8) is 0 Å². The molecule has 0 amide bonds. The molecule has 76 valence electrons. The molecule has 0 N–H and O–H groups in total. The minimum atomic E-state index is 0.560. The summed E-state index contributed by atoms with van der Waals surface area (Å²) in [6, 6.07) is 0. The summed E-state index contributed by atoms with van der Waals surface area (Å²) in [5.41, 5.74) is 0. The monoisotopic (exact) mass is 180 g/mol. The van der Waals surface area contributed by atoms with Gasteiger partial charge in [-0.1, -0.05) is 71.3 Å². The lowest BCUT2D eigenvalue weighted by Crippen LogP contribution is -2.31. The van der Waals surface area contributed by atoms with Gasteiger partial charge in [0.1, 0.15) is 6.71 Å². The maximum Gasteiger partial charge on any atom is 0.146 e. The van der Waals surface area contributed by atoms with Crippen molar-refractivity contribution in [2.75, 3.05) is 0 Å². The largest absolute Gasteiger partial charge is 0.146 e. The molecule has 0 saturated carbocycles. The van der Waals surface area contributed by atoms with E-state index in [0.717, 1.165) is 12.6 Å². The first kappa shape index (κ1) is 11.1. The lowest BCUT2D eigenvalue weighted by molar-refractivity contribution is 0.462. The van der Waals surface area contributed by atoms with E-state index in [1.807, 2.05) is 0 Å². The zero-order valence-corrected chi connectivity index (χ0v) is 9.90. The molecule has 1 heterocycles. The SMILES string of the molecule is CC(C)C(C)(C)B1CCCCCC1. The van der Waals surface area contributed by atoms with Crippen LogP contribution in [0.15, 0.2) is 0 Å². The second kappa shape index (κ2) is 4.53. The third kappa shape index (κ3) is 2.75. The summed E-state index contributed by atoms with van der Waals surface area (Å²) in [5.74, 6) is 0.829. The van der Waals surface area contributed by atoms with Crippen LogP contribution >= 0.6 is 0 Å². The molecule has 1 rings (SSSR count). The Hall–Kier alpha value is 0.0649. The maximum atomic E-state index is 2.47. The second-order valence-corrected chi connectivity index (χ2v) is 5.66. The van der Waals surface area contributed by atoms with Gasteiger partial charge in [-0.15, -0.1) is 0 Å². The Morgan fingerprint density at radius 1 is 0.923 bits per heavy atom. The van der Waals surface area contributed by atoms with Crippen LogP contribution in [0, 0.1) is 5.92 Å². The minimum absolute atomic E-state index is 0.560. The first-order valence-corrected chi connectivity index (χ1v) is 6.05. The molecule has 0 aromatic heterocycles. The van der Waals surface area contributed by atoms with Crippen LogP contribution in [0.4, 0.5) is 0 Å².